The van der Waals surface area contributed by atoms with Crippen LogP contribution in [0.2, 0.25) is 0 Å². The molecule has 1 aliphatic heterocycles. The normalized spacial score (nSPS) is 14.1. The Morgan fingerprint density at radius 2 is 1.63 bits per heavy atom. The third kappa shape index (κ3) is 5.81. The Morgan fingerprint density at radius 3 is 2.27 bits per heavy atom. The summed E-state index contributed by atoms with van der Waals surface area (Å²) in [6.45, 7) is 4.08. The number of benzene rings is 2. The molecule has 0 aromatic heterocycles. The summed E-state index contributed by atoms with van der Waals surface area (Å²) in [7, 11) is 1.56. The number of carbonyl (C=O) groups is 3. The Labute approximate surface area is 175 Å². The van der Waals surface area contributed by atoms with Crippen molar-refractivity contribution in [1.82, 2.24) is 10.2 Å². The van der Waals surface area contributed by atoms with Crippen LogP contribution < -0.4 is 20.3 Å². The maximum Gasteiger partial charge on any atom is 0.313 e. The molecule has 0 spiro atoms. The number of methoxy groups -OCH3 is 1. The van der Waals surface area contributed by atoms with Gasteiger partial charge in [-0.3, -0.25) is 14.4 Å². The quantitative estimate of drug-likeness (QED) is 0.574. The molecule has 0 saturated carbocycles. The lowest BCUT2D eigenvalue weighted by molar-refractivity contribution is -0.902. The first-order chi connectivity index (χ1) is 14.6. The number of rotatable bonds is 6. The number of hydrogen-bond donors (Lipinski definition) is 3. The van der Waals surface area contributed by atoms with Gasteiger partial charge >= 0.3 is 11.8 Å². The van der Waals surface area contributed by atoms with Gasteiger partial charge in [0.1, 0.15) is 5.75 Å². The molecular weight excluding hydrogens is 384 g/mol. The third-order valence-electron chi connectivity index (χ3n) is 5.10. The molecule has 3 N–H and O–H groups in total. The van der Waals surface area contributed by atoms with Gasteiger partial charge in [0.25, 0.3) is 5.91 Å². The number of hydrogen-bond acceptors (Lipinski definition) is 4. The Bertz CT molecular complexity index is 862. The van der Waals surface area contributed by atoms with Gasteiger partial charge in [-0.05, 0) is 36.4 Å². The SMILES string of the molecule is COc1ccc(NC(=O)C(=O)NCC[NH+]2CCN(C(=O)c3ccccc3)CC2)cc1. The molecule has 8 nitrogen and oxygen atoms in total. The zero-order chi connectivity index (χ0) is 21.3. The highest BCUT2D eigenvalue weighted by Crippen LogP contribution is 2.14. The molecule has 2 aromatic carbocycles. The van der Waals surface area contributed by atoms with Crippen LogP contribution in [-0.2, 0) is 9.59 Å². The second-order valence-corrected chi connectivity index (χ2v) is 7.10. The van der Waals surface area contributed by atoms with Gasteiger partial charge in [0.05, 0.1) is 46.4 Å². The molecule has 8 heteroatoms. The molecule has 1 heterocycles. The summed E-state index contributed by atoms with van der Waals surface area (Å²) in [4.78, 5) is 39.6. The molecule has 1 fully saturated rings. The van der Waals surface area contributed by atoms with Gasteiger partial charge in [-0.15, -0.1) is 0 Å². The topological polar surface area (TPSA) is 92.2 Å². The average Bonchev–Trinajstić information content (AvgIpc) is 2.80. The number of anilines is 1. The third-order valence-corrected chi connectivity index (χ3v) is 5.10. The number of nitrogens with one attached hydrogen (secondary N) is 3. The van der Waals surface area contributed by atoms with Gasteiger partial charge in [0.15, 0.2) is 0 Å². The Hall–Kier alpha value is -3.39. The number of piperazine rings is 1. The van der Waals surface area contributed by atoms with E-state index in [2.05, 4.69) is 10.6 Å². The summed E-state index contributed by atoms with van der Waals surface area (Å²) in [5.41, 5.74) is 1.23. The van der Waals surface area contributed by atoms with E-state index in [1.54, 1.807) is 31.4 Å². The van der Waals surface area contributed by atoms with E-state index in [0.717, 1.165) is 13.1 Å². The van der Waals surface area contributed by atoms with Gasteiger partial charge in [-0.2, -0.15) is 0 Å². The van der Waals surface area contributed by atoms with E-state index in [9.17, 15) is 14.4 Å². The molecule has 1 saturated heterocycles. The molecule has 0 radical (unpaired) electrons. The Morgan fingerprint density at radius 1 is 0.967 bits per heavy atom. The maximum atomic E-state index is 12.5. The van der Waals surface area contributed by atoms with Crippen LogP contribution >= 0.6 is 0 Å². The predicted octanol–water partition coefficient (Wildman–Crippen LogP) is -0.209. The summed E-state index contributed by atoms with van der Waals surface area (Å²) in [5, 5.41) is 5.21. The first-order valence-electron chi connectivity index (χ1n) is 9.98. The summed E-state index contributed by atoms with van der Waals surface area (Å²) in [5.74, 6) is -0.638. The molecule has 1 aliphatic rings. The molecule has 0 unspecified atom stereocenters. The average molecular weight is 411 g/mol. The van der Waals surface area contributed by atoms with Crippen LogP contribution in [-0.4, -0.2) is 69.0 Å². The van der Waals surface area contributed by atoms with Crippen molar-refractivity contribution in [1.29, 1.82) is 0 Å². The standard InChI is InChI=1S/C22H26N4O4/c1-30-19-9-7-18(8-10-19)24-21(28)20(27)23-11-12-25-13-15-26(16-14-25)22(29)17-5-3-2-4-6-17/h2-10H,11-16H2,1H3,(H,23,27)(H,24,28)/p+1. The lowest BCUT2D eigenvalue weighted by atomic mass is 10.2. The van der Waals surface area contributed by atoms with Gasteiger partial charge in [0.2, 0.25) is 0 Å². The van der Waals surface area contributed by atoms with Crippen molar-refractivity contribution >= 4 is 23.4 Å². The fourth-order valence-corrected chi connectivity index (χ4v) is 3.33. The van der Waals surface area contributed by atoms with Gasteiger partial charge in [-0.1, -0.05) is 18.2 Å². The van der Waals surface area contributed by atoms with E-state index < -0.39 is 11.8 Å². The van der Waals surface area contributed by atoms with Gasteiger partial charge in [0, 0.05) is 11.3 Å². The van der Waals surface area contributed by atoms with Gasteiger partial charge in [-0.25, -0.2) is 0 Å². The lowest BCUT2D eigenvalue weighted by Gasteiger charge is -2.32. The number of amides is 3. The van der Waals surface area contributed by atoms with Gasteiger partial charge < -0.3 is 25.2 Å². The number of nitrogens with zero attached hydrogens (tertiary/aromatic N) is 1. The first kappa shape index (κ1) is 21.3. The van der Waals surface area contributed by atoms with Crippen LogP contribution in [0.5, 0.6) is 5.75 Å². The summed E-state index contributed by atoms with van der Waals surface area (Å²) >= 11 is 0. The summed E-state index contributed by atoms with van der Waals surface area (Å²) in [6, 6.07) is 16.0. The first-order valence-corrected chi connectivity index (χ1v) is 9.98. The van der Waals surface area contributed by atoms with E-state index in [1.807, 2.05) is 35.2 Å². The van der Waals surface area contributed by atoms with Crippen molar-refractivity contribution in [3.05, 3.63) is 60.2 Å². The minimum Gasteiger partial charge on any atom is -0.497 e. The molecular formula is C22H27N4O4+. The lowest BCUT2D eigenvalue weighted by Crippen LogP contribution is -3.15. The molecule has 30 heavy (non-hydrogen) atoms. The van der Waals surface area contributed by atoms with Crippen LogP contribution in [0.15, 0.2) is 54.6 Å². The fourth-order valence-electron chi connectivity index (χ4n) is 3.33. The summed E-state index contributed by atoms with van der Waals surface area (Å²) in [6.07, 6.45) is 0. The monoisotopic (exact) mass is 411 g/mol. The molecule has 0 aliphatic carbocycles. The highest BCUT2D eigenvalue weighted by Gasteiger charge is 2.24. The highest BCUT2D eigenvalue weighted by molar-refractivity contribution is 6.39. The van der Waals surface area contributed by atoms with Crippen molar-refractivity contribution in [2.24, 2.45) is 0 Å². The Kier molecular flexibility index (Phi) is 7.40. The van der Waals surface area contributed by atoms with E-state index in [0.29, 0.717) is 43.2 Å². The highest BCUT2D eigenvalue weighted by atomic mass is 16.5. The number of ether oxygens (including phenoxy) is 1. The van der Waals surface area contributed by atoms with Crippen LogP contribution in [0.1, 0.15) is 10.4 Å². The van der Waals surface area contributed by atoms with E-state index in [4.69, 9.17) is 4.74 Å². The zero-order valence-electron chi connectivity index (χ0n) is 17.0. The second-order valence-electron chi connectivity index (χ2n) is 7.10. The van der Waals surface area contributed by atoms with Crippen LogP contribution in [0.4, 0.5) is 5.69 Å². The smallest absolute Gasteiger partial charge is 0.313 e. The van der Waals surface area contributed by atoms with Crippen molar-refractivity contribution in [3.8, 4) is 5.75 Å². The van der Waals surface area contributed by atoms with E-state index >= 15 is 0 Å². The molecule has 3 amide bonds. The predicted molar refractivity (Wildman–Crippen MR) is 113 cm³/mol. The van der Waals surface area contributed by atoms with Crippen molar-refractivity contribution in [2.75, 3.05) is 51.7 Å². The Balaban J connectivity index is 1.35. The van der Waals surface area contributed by atoms with Crippen molar-refractivity contribution < 1.29 is 24.0 Å². The number of quaternary nitrogens is 1. The largest absolute Gasteiger partial charge is 0.497 e. The fraction of sp³-hybridized carbons (Fsp3) is 0.318. The van der Waals surface area contributed by atoms with Crippen molar-refractivity contribution in [2.45, 2.75) is 0 Å². The molecule has 0 bridgehead atoms. The second kappa shape index (κ2) is 10.4. The summed E-state index contributed by atoms with van der Waals surface area (Å²) < 4.78 is 5.06. The van der Waals surface area contributed by atoms with Crippen LogP contribution in [0, 0.1) is 0 Å². The minimum atomic E-state index is -0.701. The molecule has 158 valence electrons. The number of carbonyl (C=O) groups excluding carboxylic acids is 3. The van der Waals surface area contributed by atoms with E-state index in [-0.39, 0.29) is 5.91 Å². The van der Waals surface area contributed by atoms with Crippen LogP contribution in [0.3, 0.4) is 0 Å². The molecule has 3 rings (SSSR count). The van der Waals surface area contributed by atoms with Crippen LogP contribution in [0.25, 0.3) is 0 Å². The minimum absolute atomic E-state index is 0.0538. The molecule has 0 atom stereocenters. The zero-order valence-corrected chi connectivity index (χ0v) is 17.0. The van der Waals surface area contributed by atoms with Crippen molar-refractivity contribution in [3.63, 3.8) is 0 Å². The van der Waals surface area contributed by atoms with E-state index in [1.165, 1.54) is 4.90 Å². The molecule has 2 aromatic rings. The maximum absolute atomic E-state index is 12.5.